The second-order valence-electron chi connectivity index (χ2n) is 6.82. The van der Waals surface area contributed by atoms with E-state index in [1.165, 1.54) is 6.08 Å². The van der Waals surface area contributed by atoms with Crippen molar-refractivity contribution in [2.45, 2.75) is 37.8 Å². The third-order valence-electron chi connectivity index (χ3n) is 4.97. The quantitative estimate of drug-likeness (QED) is 0.576. The minimum atomic E-state index is -0.134. The molecule has 0 radical (unpaired) electrons. The van der Waals surface area contributed by atoms with Gasteiger partial charge in [-0.1, -0.05) is 24.8 Å². The van der Waals surface area contributed by atoms with E-state index in [0.717, 1.165) is 53.9 Å². The first-order valence-corrected chi connectivity index (χ1v) is 9.50. The van der Waals surface area contributed by atoms with Crippen LogP contribution in [0.3, 0.4) is 0 Å². The van der Waals surface area contributed by atoms with Crippen molar-refractivity contribution in [3.8, 4) is 11.3 Å². The van der Waals surface area contributed by atoms with Crippen molar-refractivity contribution in [1.82, 2.24) is 9.97 Å². The average molecular weight is 382 g/mol. The summed E-state index contributed by atoms with van der Waals surface area (Å²) in [5.74, 6) is -0.0193. The van der Waals surface area contributed by atoms with Crippen molar-refractivity contribution >= 4 is 23.6 Å². The van der Waals surface area contributed by atoms with E-state index in [0.29, 0.717) is 6.42 Å². The number of carbonyl (C=O) groups excluding carboxylic acids is 1. The van der Waals surface area contributed by atoms with Gasteiger partial charge in [-0.2, -0.15) is 0 Å². The molecule has 0 amide bonds. The fraction of sp³-hybridized carbons (Fsp3) is 0.333. The Labute approximate surface area is 163 Å². The molecule has 0 aliphatic carbocycles. The van der Waals surface area contributed by atoms with Gasteiger partial charge in [0.15, 0.2) is 5.78 Å². The molecule has 27 heavy (non-hydrogen) atoms. The molecule has 1 fully saturated rings. The molecule has 0 bridgehead atoms. The van der Waals surface area contributed by atoms with Gasteiger partial charge in [0.2, 0.25) is 5.28 Å². The van der Waals surface area contributed by atoms with Crippen LogP contribution in [-0.2, 0) is 16.0 Å². The molecule has 4 rings (SSSR count). The van der Waals surface area contributed by atoms with E-state index < -0.39 is 0 Å². The first-order chi connectivity index (χ1) is 13.2. The topological polar surface area (TPSA) is 64.4 Å². The van der Waals surface area contributed by atoms with Gasteiger partial charge in [0.05, 0.1) is 17.5 Å². The average Bonchev–Trinajstić information content (AvgIpc) is 3.11. The lowest BCUT2D eigenvalue weighted by atomic mass is 9.96. The van der Waals surface area contributed by atoms with Gasteiger partial charge in [0.25, 0.3) is 0 Å². The molecule has 6 heteroatoms. The number of carbonyl (C=O) groups is 1. The van der Waals surface area contributed by atoms with Crippen molar-refractivity contribution in [2.75, 3.05) is 6.61 Å². The molecule has 2 unspecified atom stereocenters. The molecule has 2 aromatic rings. The molecular formula is C21H20ClN3O2. The van der Waals surface area contributed by atoms with Crippen LogP contribution in [0.2, 0.25) is 5.28 Å². The van der Waals surface area contributed by atoms with Gasteiger partial charge >= 0.3 is 0 Å². The highest BCUT2D eigenvalue weighted by molar-refractivity contribution is 6.28. The second kappa shape index (κ2) is 7.71. The first-order valence-electron chi connectivity index (χ1n) is 9.12. The van der Waals surface area contributed by atoms with E-state index in [1.54, 1.807) is 0 Å². The molecular weight excluding hydrogens is 362 g/mol. The standard InChI is InChI=1S/C21H20ClN3O2/c1-2-15(26)11-13-6-5-7-14(10-13)18-16-12-23-20(17-8-3-4-9-27-17)19(16)25-21(22)24-18/h2,5-7,10,12,17,20H,1,3-4,8-9,11H2. The number of allylic oxidation sites excluding steroid dienone is 1. The minimum absolute atomic E-state index is 0.0193. The summed E-state index contributed by atoms with van der Waals surface area (Å²) >= 11 is 6.24. The molecule has 5 nitrogen and oxygen atoms in total. The van der Waals surface area contributed by atoms with E-state index in [9.17, 15) is 4.79 Å². The number of fused-ring (bicyclic) bond motifs is 1. The predicted molar refractivity (Wildman–Crippen MR) is 105 cm³/mol. The summed E-state index contributed by atoms with van der Waals surface area (Å²) in [4.78, 5) is 25.3. The summed E-state index contributed by atoms with van der Waals surface area (Å²) in [5, 5.41) is 0.197. The Balaban J connectivity index is 1.71. The molecule has 0 spiro atoms. The van der Waals surface area contributed by atoms with E-state index in [4.69, 9.17) is 16.3 Å². The molecule has 2 atom stereocenters. The third-order valence-corrected chi connectivity index (χ3v) is 5.13. The number of nitrogens with zero attached hydrogens (tertiary/aromatic N) is 3. The lowest BCUT2D eigenvalue weighted by Crippen LogP contribution is -2.25. The van der Waals surface area contributed by atoms with Crippen LogP contribution >= 0.6 is 11.6 Å². The second-order valence-corrected chi connectivity index (χ2v) is 7.15. The molecule has 138 valence electrons. The van der Waals surface area contributed by atoms with Crippen molar-refractivity contribution in [1.29, 1.82) is 0 Å². The van der Waals surface area contributed by atoms with Crippen LogP contribution in [-0.4, -0.2) is 34.7 Å². The molecule has 0 saturated carbocycles. The molecule has 1 aromatic heterocycles. The molecule has 2 aliphatic rings. The molecule has 0 N–H and O–H groups in total. The van der Waals surface area contributed by atoms with Crippen molar-refractivity contribution < 1.29 is 9.53 Å². The maximum atomic E-state index is 11.7. The van der Waals surface area contributed by atoms with Crippen molar-refractivity contribution in [3.63, 3.8) is 0 Å². The van der Waals surface area contributed by atoms with E-state index in [-0.39, 0.29) is 23.2 Å². The summed E-state index contributed by atoms with van der Waals surface area (Å²) in [7, 11) is 0. The summed E-state index contributed by atoms with van der Waals surface area (Å²) in [6.07, 6.45) is 6.70. The van der Waals surface area contributed by atoms with Gasteiger partial charge in [-0.25, -0.2) is 9.97 Å². The zero-order valence-corrected chi connectivity index (χ0v) is 15.7. The van der Waals surface area contributed by atoms with Gasteiger partial charge in [-0.05, 0) is 48.6 Å². The van der Waals surface area contributed by atoms with Crippen LogP contribution in [0.1, 0.15) is 42.1 Å². The number of rotatable bonds is 5. The van der Waals surface area contributed by atoms with Gasteiger partial charge < -0.3 is 4.74 Å². The Bertz CT molecular complexity index is 920. The zero-order chi connectivity index (χ0) is 18.8. The fourth-order valence-electron chi connectivity index (χ4n) is 3.65. The Hall–Kier alpha value is -2.37. The Morgan fingerprint density at radius 1 is 1.33 bits per heavy atom. The fourth-order valence-corrected chi connectivity index (χ4v) is 3.82. The molecule has 2 aliphatic heterocycles. The summed E-state index contributed by atoms with van der Waals surface area (Å²) < 4.78 is 5.92. The lowest BCUT2D eigenvalue weighted by molar-refractivity contribution is -0.114. The first kappa shape index (κ1) is 18.0. The highest BCUT2D eigenvalue weighted by atomic mass is 35.5. The highest BCUT2D eigenvalue weighted by Crippen LogP contribution is 2.37. The summed E-state index contributed by atoms with van der Waals surface area (Å²) in [5.41, 5.74) is 4.24. The Morgan fingerprint density at radius 2 is 2.22 bits per heavy atom. The number of hydrogen-bond donors (Lipinski definition) is 0. The normalized spacial score (nSPS) is 21.1. The number of ketones is 1. The van der Waals surface area contributed by atoms with Gasteiger partial charge in [0.1, 0.15) is 6.04 Å². The number of aliphatic imine (C=N–C) groups is 1. The number of halogens is 1. The van der Waals surface area contributed by atoms with Gasteiger partial charge in [-0.15, -0.1) is 0 Å². The van der Waals surface area contributed by atoms with Crippen LogP contribution in [0.5, 0.6) is 0 Å². The van der Waals surface area contributed by atoms with E-state index in [1.807, 2.05) is 30.5 Å². The van der Waals surface area contributed by atoms with Gasteiger partial charge in [0, 0.05) is 30.4 Å². The van der Waals surface area contributed by atoms with E-state index >= 15 is 0 Å². The predicted octanol–water partition coefficient (Wildman–Crippen LogP) is 4.14. The van der Waals surface area contributed by atoms with Gasteiger partial charge in [-0.3, -0.25) is 9.79 Å². The molecule has 3 heterocycles. The lowest BCUT2D eigenvalue weighted by Gasteiger charge is -2.26. The summed E-state index contributed by atoms with van der Waals surface area (Å²) in [6.45, 7) is 4.29. The third kappa shape index (κ3) is 3.70. The monoisotopic (exact) mass is 381 g/mol. The number of aromatic nitrogens is 2. The largest absolute Gasteiger partial charge is 0.376 e. The smallest absolute Gasteiger partial charge is 0.223 e. The van der Waals surface area contributed by atoms with Crippen LogP contribution in [0.15, 0.2) is 41.9 Å². The van der Waals surface area contributed by atoms with E-state index in [2.05, 4.69) is 21.5 Å². The Kier molecular flexibility index (Phi) is 5.14. The maximum Gasteiger partial charge on any atom is 0.223 e. The maximum absolute atomic E-state index is 11.7. The van der Waals surface area contributed by atoms with Crippen molar-refractivity contribution in [3.05, 3.63) is 59.0 Å². The van der Waals surface area contributed by atoms with Crippen LogP contribution in [0.4, 0.5) is 0 Å². The van der Waals surface area contributed by atoms with Crippen LogP contribution < -0.4 is 0 Å². The molecule has 1 aromatic carbocycles. The van der Waals surface area contributed by atoms with Crippen LogP contribution in [0, 0.1) is 0 Å². The summed E-state index contributed by atoms with van der Waals surface area (Å²) in [6, 6.07) is 7.61. The van der Waals surface area contributed by atoms with Crippen LogP contribution in [0.25, 0.3) is 11.3 Å². The minimum Gasteiger partial charge on any atom is -0.376 e. The Morgan fingerprint density at radius 3 is 3.00 bits per heavy atom. The highest BCUT2D eigenvalue weighted by Gasteiger charge is 2.33. The number of hydrogen-bond acceptors (Lipinski definition) is 5. The number of ether oxygens (including phenoxy) is 1. The zero-order valence-electron chi connectivity index (χ0n) is 14.9. The molecule has 1 saturated heterocycles. The SMILES string of the molecule is C=CC(=O)Cc1cccc(-c2nc(Cl)nc3c2C=NC3C2CCCCO2)c1. The van der Waals surface area contributed by atoms with Crippen molar-refractivity contribution in [2.24, 2.45) is 4.99 Å². The number of benzene rings is 1.